The van der Waals surface area contributed by atoms with Crippen LogP contribution in [0.25, 0.3) is 0 Å². The number of benzene rings is 1. The minimum Gasteiger partial charge on any atom is -0.465 e. The quantitative estimate of drug-likeness (QED) is 0.578. The van der Waals surface area contributed by atoms with E-state index in [0.717, 1.165) is 24.1 Å². The molecule has 1 atom stereocenters. The van der Waals surface area contributed by atoms with Crippen molar-refractivity contribution in [1.82, 2.24) is 4.98 Å². The molecule has 0 N–H and O–H groups in total. The van der Waals surface area contributed by atoms with Crippen LogP contribution < -0.4 is 0 Å². The van der Waals surface area contributed by atoms with Crippen molar-refractivity contribution in [3.8, 4) is 0 Å². The number of hydrogen-bond donors (Lipinski definition) is 0. The van der Waals surface area contributed by atoms with Gasteiger partial charge in [-0.1, -0.05) is 43.3 Å². The van der Waals surface area contributed by atoms with E-state index in [4.69, 9.17) is 4.74 Å². The molecule has 0 saturated heterocycles. The molecule has 26 heavy (non-hydrogen) atoms. The van der Waals surface area contributed by atoms with Crippen LogP contribution in [0, 0.1) is 6.92 Å². The van der Waals surface area contributed by atoms with Crippen LogP contribution in [0.3, 0.4) is 0 Å². The fraction of sp³-hybridized carbons (Fsp3) is 0.273. The van der Waals surface area contributed by atoms with Crippen LogP contribution in [0.5, 0.6) is 0 Å². The second-order valence-electron chi connectivity index (χ2n) is 6.83. The number of carbonyl (C=O) groups is 1. The van der Waals surface area contributed by atoms with Crippen LogP contribution in [0.2, 0.25) is 0 Å². The van der Waals surface area contributed by atoms with Gasteiger partial charge in [0.2, 0.25) is 0 Å². The Bertz CT molecular complexity index is 874. The van der Waals surface area contributed by atoms with E-state index < -0.39 is 0 Å². The maximum absolute atomic E-state index is 12.0. The second-order valence-corrected chi connectivity index (χ2v) is 7.97. The monoisotopic (exact) mass is 365 g/mol. The molecular formula is C22H23NO2S. The Balaban J connectivity index is 1.95. The maximum Gasteiger partial charge on any atom is 0.348 e. The predicted octanol–water partition coefficient (Wildman–Crippen LogP) is 4.98. The van der Waals surface area contributed by atoms with E-state index in [-0.39, 0.29) is 11.4 Å². The Hall–Kier alpha value is -2.46. The summed E-state index contributed by atoms with van der Waals surface area (Å²) in [5.74, 6) is -0.263. The SMILES string of the molecule is COC(=O)c1sc(CC(C)(Cc2ccccc2)c2ccccn2)cc1C. The van der Waals surface area contributed by atoms with Crippen molar-refractivity contribution in [1.29, 1.82) is 0 Å². The predicted molar refractivity (Wildman–Crippen MR) is 106 cm³/mol. The molecule has 134 valence electrons. The van der Waals surface area contributed by atoms with Gasteiger partial charge in [0.05, 0.1) is 7.11 Å². The van der Waals surface area contributed by atoms with Crippen LogP contribution >= 0.6 is 11.3 Å². The summed E-state index contributed by atoms with van der Waals surface area (Å²) in [4.78, 5) is 18.4. The molecule has 3 nitrogen and oxygen atoms in total. The van der Waals surface area contributed by atoms with E-state index in [1.54, 1.807) is 0 Å². The van der Waals surface area contributed by atoms with Crippen molar-refractivity contribution in [3.05, 3.63) is 87.4 Å². The fourth-order valence-electron chi connectivity index (χ4n) is 3.32. The maximum atomic E-state index is 12.0. The summed E-state index contributed by atoms with van der Waals surface area (Å²) < 4.78 is 4.90. The molecule has 0 radical (unpaired) electrons. The Morgan fingerprint density at radius 2 is 1.85 bits per heavy atom. The zero-order chi connectivity index (χ0) is 18.6. The standard InChI is InChI=1S/C22H23NO2S/c1-16-13-18(26-20(16)21(24)25-3)15-22(2,19-11-7-8-12-23-19)14-17-9-5-4-6-10-17/h4-13H,14-15H2,1-3H3. The Kier molecular flexibility index (Phi) is 5.52. The normalized spacial score (nSPS) is 13.2. The minimum absolute atomic E-state index is 0.159. The average molecular weight is 365 g/mol. The number of carbonyl (C=O) groups excluding carboxylic acids is 1. The van der Waals surface area contributed by atoms with Gasteiger partial charge in [-0.2, -0.15) is 0 Å². The summed E-state index contributed by atoms with van der Waals surface area (Å²) >= 11 is 1.52. The molecule has 0 saturated carbocycles. The molecule has 0 bridgehead atoms. The van der Waals surface area contributed by atoms with Gasteiger partial charge in [-0.3, -0.25) is 4.98 Å². The molecule has 1 aromatic carbocycles. The highest BCUT2D eigenvalue weighted by atomic mass is 32.1. The van der Waals surface area contributed by atoms with Gasteiger partial charge in [-0.25, -0.2) is 4.79 Å². The lowest BCUT2D eigenvalue weighted by Crippen LogP contribution is -2.28. The van der Waals surface area contributed by atoms with Crippen molar-refractivity contribution >= 4 is 17.3 Å². The Labute approximate surface area is 158 Å². The number of methoxy groups -OCH3 is 1. The van der Waals surface area contributed by atoms with Gasteiger partial charge < -0.3 is 4.74 Å². The number of nitrogens with zero attached hydrogens (tertiary/aromatic N) is 1. The highest BCUT2D eigenvalue weighted by Gasteiger charge is 2.30. The van der Waals surface area contributed by atoms with E-state index in [9.17, 15) is 4.79 Å². The summed E-state index contributed by atoms with van der Waals surface area (Å²) in [5, 5.41) is 0. The van der Waals surface area contributed by atoms with E-state index in [2.05, 4.69) is 48.3 Å². The Morgan fingerprint density at radius 1 is 1.12 bits per heavy atom. The zero-order valence-electron chi connectivity index (χ0n) is 15.4. The molecule has 1 unspecified atom stereocenters. The van der Waals surface area contributed by atoms with Crippen LogP contribution in [0.15, 0.2) is 60.8 Å². The number of thiophene rings is 1. The average Bonchev–Trinajstić information content (AvgIpc) is 3.02. The summed E-state index contributed by atoms with van der Waals surface area (Å²) in [6, 6.07) is 18.6. The first kappa shape index (κ1) is 18.3. The molecule has 3 aromatic rings. The first-order valence-electron chi connectivity index (χ1n) is 8.65. The first-order valence-corrected chi connectivity index (χ1v) is 9.46. The first-order chi connectivity index (χ1) is 12.5. The van der Waals surface area contributed by atoms with Gasteiger partial charge >= 0.3 is 5.97 Å². The van der Waals surface area contributed by atoms with Gasteiger partial charge in [0, 0.05) is 22.2 Å². The molecule has 0 fully saturated rings. The van der Waals surface area contributed by atoms with Gasteiger partial charge in [-0.15, -0.1) is 11.3 Å². The number of esters is 1. The number of aryl methyl sites for hydroxylation is 1. The van der Waals surface area contributed by atoms with Crippen LogP contribution in [-0.4, -0.2) is 18.1 Å². The molecule has 0 aliphatic carbocycles. The topological polar surface area (TPSA) is 39.2 Å². The van der Waals surface area contributed by atoms with Crippen molar-refractivity contribution in [3.63, 3.8) is 0 Å². The molecule has 3 rings (SSSR count). The van der Waals surface area contributed by atoms with Gasteiger partial charge in [0.15, 0.2) is 0 Å². The number of aromatic nitrogens is 1. The van der Waals surface area contributed by atoms with E-state index in [1.807, 2.05) is 31.3 Å². The van der Waals surface area contributed by atoms with Crippen LogP contribution in [-0.2, 0) is 23.0 Å². The van der Waals surface area contributed by atoms with E-state index >= 15 is 0 Å². The lowest BCUT2D eigenvalue weighted by molar-refractivity contribution is 0.0605. The number of ether oxygens (including phenoxy) is 1. The molecule has 2 heterocycles. The smallest absolute Gasteiger partial charge is 0.348 e. The van der Waals surface area contributed by atoms with E-state index in [0.29, 0.717) is 4.88 Å². The van der Waals surface area contributed by atoms with Gasteiger partial charge in [0.25, 0.3) is 0 Å². The third-order valence-electron chi connectivity index (χ3n) is 4.62. The molecule has 2 aromatic heterocycles. The molecular weight excluding hydrogens is 342 g/mol. The summed E-state index contributed by atoms with van der Waals surface area (Å²) in [6.07, 6.45) is 3.55. The molecule has 0 aliphatic heterocycles. The lowest BCUT2D eigenvalue weighted by Gasteiger charge is -2.29. The van der Waals surface area contributed by atoms with Crippen molar-refractivity contribution in [2.75, 3.05) is 7.11 Å². The third-order valence-corrected chi connectivity index (χ3v) is 5.84. The fourth-order valence-corrected chi connectivity index (χ4v) is 4.60. The van der Waals surface area contributed by atoms with Crippen molar-refractivity contribution < 1.29 is 9.53 Å². The highest BCUT2D eigenvalue weighted by molar-refractivity contribution is 7.14. The Morgan fingerprint density at radius 3 is 2.50 bits per heavy atom. The number of pyridine rings is 1. The second kappa shape index (κ2) is 7.83. The summed E-state index contributed by atoms with van der Waals surface area (Å²) in [6.45, 7) is 4.21. The highest BCUT2D eigenvalue weighted by Crippen LogP contribution is 2.34. The summed E-state index contributed by atoms with van der Waals surface area (Å²) in [5.41, 5.74) is 3.16. The van der Waals surface area contributed by atoms with Gasteiger partial charge in [0.1, 0.15) is 4.88 Å². The zero-order valence-corrected chi connectivity index (χ0v) is 16.2. The lowest BCUT2D eigenvalue weighted by atomic mass is 9.77. The molecule has 0 aliphatic rings. The molecule has 0 amide bonds. The summed E-state index contributed by atoms with van der Waals surface area (Å²) in [7, 11) is 1.43. The molecule has 0 spiro atoms. The van der Waals surface area contributed by atoms with Crippen LogP contribution in [0.1, 0.15) is 38.3 Å². The number of rotatable bonds is 6. The van der Waals surface area contributed by atoms with E-state index in [1.165, 1.54) is 28.9 Å². The third kappa shape index (κ3) is 4.02. The number of hydrogen-bond acceptors (Lipinski definition) is 4. The molecule has 4 heteroatoms. The minimum atomic E-state index is -0.263. The van der Waals surface area contributed by atoms with Gasteiger partial charge in [-0.05, 0) is 49.1 Å². The van der Waals surface area contributed by atoms with Crippen molar-refractivity contribution in [2.45, 2.75) is 32.1 Å². The van der Waals surface area contributed by atoms with Crippen molar-refractivity contribution in [2.24, 2.45) is 0 Å². The largest absolute Gasteiger partial charge is 0.465 e. The van der Waals surface area contributed by atoms with Crippen LogP contribution in [0.4, 0.5) is 0 Å².